The first-order valence-corrected chi connectivity index (χ1v) is 9.67. The summed E-state index contributed by atoms with van der Waals surface area (Å²) in [5, 5.41) is 79.4. The molecule has 0 aliphatic carbocycles. The highest BCUT2D eigenvalue weighted by atomic mass is 16.7. The summed E-state index contributed by atoms with van der Waals surface area (Å²) in [4.78, 5) is 0. The lowest BCUT2D eigenvalue weighted by atomic mass is 9.99. The van der Waals surface area contributed by atoms with Crippen LogP contribution in [0.5, 0.6) is 28.7 Å². The Hall–Kier alpha value is -3.22. The first-order valence-electron chi connectivity index (χ1n) is 9.67. The summed E-state index contributed by atoms with van der Waals surface area (Å²) in [5.74, 6) is -0.948. The molecule has 4 rings (SSSR count). The van der Waals surface area contributed by atoms with Gasteiger partial charge in [0.1, 0.15) is 41.5 Å². The number of aliphatic hydroxyl groups is 6. The van der Waals surface area contributed by atoms with Gasteiger partial charge < -0.3 is 55.1 Å². The third-order valence-electron chi connectivity index (χ3n) is 5.35. The molecule has 6 unspecified atom stereocenters. The highest BCUT2D eigenvalue weighted by Gasteiger charge is 2.45. The van der Waals surface area contributed by atoms with Crippen LogP contribution in [0.25, 0.3) is 6.08 Å². The van der Waals surface area contributed by atoms with Crippen molar-refractivity contribution in [3.05, 3.63) is 47.2 Å². The summed E-state index contributed by atoms with van der Waals surface area (Å²) in [6.07, 6.45) is -7.11. The number of benzene rings is 2. The SMILES string of the molecule is OCC1OC(Oc2ccc(C3[OH+]c4cc(O)cc(O)c4C=C3O)cc2O)C(O)C(O)C1O. The van der Waals surface area contributed by atoms with Crippen molar-refractivity contribution in [3.63, 3.8) is 0 Å². The van der Waals surface area contributed by atoms with E-state index in [0.717, 1.165) is 6.07 Å². The zero-order valence-electron chi connectivity index (χ0n) is 16.5. The minimum absolute atomic E-state index is 0.131. The lowest BCUT2D eigenvalue weighted by Crippen LogP contribution is -2.60. The Balaban J connectivity index is 1.55. The van der Waals surface area contributed by atoms with E-state index in [4.69, 9.17) is 9.47 Å². The highest BCUT2D eigenvalue weighted by molar-refractivity contribution is 5.69. The van der Waals surface area contributed by atoms with Crippen LogP contribution in [0.4, 0.5) is 0 Å². The molecule has 0 radical (unpaired) electrons. The van der Waals surface area contributed by atoms with E-state index >= 15 is 0 Å². The average Bonchev–Trinajstić information content (AvgIpc) is 2.75. The van der Waals surface area contributed by atoms with Gasteiger partial charge in [-0.25, -0.2) is 0 Å². The molecule has 2 heterocycles. The quantitative estimate of drug-likeness (QED) is 0.290. The maximum Gasteiger partial charge on any atom is 0.270 e. The van der Waals surface area contributed by atoms with E-state index in [1.165, 1.54) is 30.3 Å². The van der Waals surface area contributed by atoms with Gasteiger partial charge in [0.15, 0.2) is 17.3 Å². The molecule has 0 amide bonds. The predicted octanol–water partition coefficient (Wildman–Crippen LogP) is -0.123. The monoisotopic (exact) mass is 451 g/mol. The third-order valence-corrected chi connectivity index (χ3v) is 5.35. The molecule has 9 N–H and O–H groups in total. The lowest BCUT2D eigenvalue weighted by Gasteiger charge is -2.39. The fraction of sp³-hybridized carbons (Fsp3) is 0.333. The number of aliphatic hydroxyl groups excluding tert-OH is 5. The molecule has 172 valence electrons. The van der Waals surface area contributed by atoms with Gasteiger partial charge in [0.2, 0.25) is 6.29 Å². The van der Waals surface area contributed by atoms with E-state index in [2.05, 4.69) is 4.74 Å². The normalized spacial score (nSPS) is 29.6. The second-order valence-corrected chi connectivity index (χ2v) is 7.54. The maximum atomic E-state index is 10.4. The van der Waals surface area contributed by atoms with Crippen molar-refractivity contribution in [1.82, 2.24) is 0 Å². The fourth-order valence-electron chi connectivity index (χ4n) is 3.63. The van der Waals surface area contributed by atoms with Gasteiger partial charge >= 0.3 is 0 Å². The van der Waals surface area contributed by atoms with Crippen molar-refractivity contribution in [2.45, 2.75) is 36.8 Å². The van der Waals surface area contributed by atoms with Crippen LogP contribution in [-0.4, -0.2) is 82.9 Å². The molecule has 0 spiro atoms. The van der Waals surface area contributed by atoms with E-state index in [1.54, 1.807) is 0 Å². The number of rotatable bonds is 4. The number of hydrogen-bond donors (Lipinski definition) is 8. The second kappa shape index (κ2) is 8.37. The second-order valence-electron chi connectivity index (χ2n) is 7.54. The molecule has 2 aromatic carbocycles. The number of aromatic hydroxyl groups is 4. The molecule has 11 heteroatoms. The average molecular weight is 451 g/mol. The maximum absolute atomic E-state index is 10.4. The van der Waals surface area contributed by atoms with Crippen LogP contribution in [0.2, 0.25) is 0 Å². The Morgan fingerprint density at radius 2 is 1.66 bits per heavy atom. The first kappa shape index (κ1) is 22.0. The van der Waals surface area contributed by atoms with Crippen LogP contribution >= 0.6 is 0 Å². The van der Waals surface area contributed by atoms with Gasteiger partial charge in [-0.1, -0.05) is 0 Å². The highest BCUT2D eigenvalue weighted by Crippen LogP contribution is 2.44. The predicted molar refractivity (Wildman–Crippen MR) is 107 cm³/mol. The van der Waals surface area contributed by atoms with E-state index in [9.17, 15) is 40.9 Å². The summed E-state index contributed by atoms with van der Waals surface area (Å²) in [7, 11) is 0. The van der Waals surface area contributed by atoms with Crippen LogP contribution in [0.1, 0.15) is 17.2 Å². The molecular weight excluding hydrogens is 428 g/mol. The van der Waals surface area contributed by atoms with Gasteiger partial charge in [-0.2, -0.15) is 0 Å². The van der Waals surface area contributed by atoms with Gasteiger partial charge in [0, 0.05) is 12.1 Å². The van der Waals surface area contributed by atoms with Gasteiger partial charge in [0.25, 0.3) is 11.9 Å². The molecule has 2 aromatic rings. The molecule has 32 heavy (non-hydrogen) atoms. The van der Waals surface area contributed by atoms with Crippen molar-refractivity contribution < 1.29 is 55.1 Å². The molecule has 0 aromatic heterocycles. The van der Waals surface area contributed by atoms with Crippen LogP contribution < -0.4 is 4.74 Å². The third kappa shape index (κ3) is 3.87. The van der Waals surface area contributed by atoms with E-state index < -0.39 is 49.2 Å². The van der Waals surface area contributed by atoms with Gasteiger partial charge in [-0.3, -0.25) is 0 Å². The number of hydrogen-bond acceptors (Lipinski definition) is 10. The summed E-state index contributed by atoms with van der Waals surface area (Å²) < 4.78 is 15.0. The largest absolute Gasteiger partial charge is 0.571 e. The molecular formula is C21H23O11+. The summed E-state index contributed by atoms with van der Waals surface area (Å²) >= 11 is 0. The van der Waals surface area contributed by atoms with Crippen molar-refractivity contribution in [2.75, 3.05) is 6.61 Å². The Bertz CT molecular complexity index is 1030. The zero-order valence-corrected chi connectivity index (χ0v) is 16.5. The molecule has 0 saturated carbocycles. The van der Waals surface area contributed by atoms with E-state index in [1.807, 2.05) is 0 Å². The lowest BCUT2D eigenvalue weighted by molar-refractivity contribution is -0.277. The zero-order chi connectivity index (χ0) is 23.2. The van der Waals surface area contributed by atoms with Crippen LogP contribution in [0, 0.1) is 0 Å². The topological polar surface area (TPSA) is 193 Å². The van der Waals surface area contributed by atoms with Crippen molar-refractivity contribution in [2.24, 2.45) is 0 Å². The number of fused-ring (bicyclic) bond motifs is 1. The summed E-state index contributed by atoms with van der Waals surface area (Å²) in [6.45, 7) is -0.628. The smallest absolute Gasteiger partial charge is 0.270 e. The Labute approximate surface area is 181 Å². The molecule has 0 bridgehead atoms. The molecule has 1 fully saturated rings. The molecule has 11 nitrogen and oxygen atoms in total. The number of ether oxygens (including phenoxy) is 3. The number of phenolic OH excluding ortho intramolecular Hbond substituents is 3. The first-order chi connectivity index (χ1) is 15.2. The summed E-state index contributed by atoms with van der Waals surface area (Å²) in [6, 6.07) is 6.50. The van der Waals surface area contributed by atoms with Crippen LogP contribution in [-0.2, 0) is 4.74 Å². The van der Waals surface area contributed by atoms with Crippen LogP contribution in [0.3, 0.4) is 0 Å². The van der Waals surface area contributed by atoms with Crippen molar-refractivity contribution >= 4 is 6.08 Å². The van der Waals surface area contributed by atoms with Crippen molar-refractivity contribution in [1.29, 1.82) is 0 Å². The van der Waals surface area contributed by atoms with Crippen LogP contribution in [0.15, 0.2) is 36.1 Å². The minimum atomic E-state index is -1.65. The Morgan fingerprint density at radius 3 is 2.34 bits per heavy atom. The fourth-order valence-corrected chi connectivity index (χ4v) is 3.63. The standard InChI is InChI=1S/C21H22O11/c22-7-16-17(27)18(28)19(29)21(32-16)31-14-2-1-8(3-12(14)25)20-13(26)6-10-11(24)4-9(23)5-15(10)30-20/h1-6,16-29H,7H2/p+1. The minimum Gasteiger partial charge on any atom is -0.571 e. The number of phenols is 3. The van der Waals surface area contributed by atoms with E-state index in [0.29, 0.717) is 5.56 Å². The summed E-state index contributed by atoms with van der Waals surface area (Å²) in [5.41, 5.74) is 0.592. The molecule has 2 aliphatic heterocycles. The molecule has 2 aliphatic rings. The van der Waals surface area contributed by atoms with Gasteiger partial charge in [-0.05, 0) is 18.2 Å². The molecule has 1 saturated heterocycles. The van der Waals surface area contributed by atoms with E-state index in [-0.39, 0.29) is 34.3 Å². The molecule has 6 atom stereocenters. The van der Waals surface area contributed by atoms with Crippen molar-refractivity contribution in [3.8, 4) is 28.7 Å². The van der Waals surface area contributed by atoms with Gasteiger partial charge in [-0.15, -0.1) is 0 Å². The Morgan fingerprint density at radius 1 is 0.906 bits per heavy atom. The van der Waals surface area contributed by atoms with Gasteiger partial charge in [0.05, 0.1) is 18.2 Å². The Kier molecular flexibility index (Phi) is 5.75.